The second-order valence-electron chi connectivity index (χ2n) is 3.15. The van der Waals surface area contributed by atoms with Crippen molar-refractivity contribution in [2.75, 3.05) is 14.1 Å². The molecule has 0 aromatic heterocycles. The van der Waals surface area contributed by atoms with Gasteiger partial charge in [-0.05, 0) is 34.7 Å². The van der Waals surface area contributed by atoms with Crippen LogP contribution < -0.4 is 0 Å². The van der Waals surface area contributed by atoms with E-state index in [1.54, 1.807) is 12.3 Å². The Morgan fingerprint density at radius 2 is 1.86 bits per heavy atom. The molecule has 1 aromatic carbocycles. The van der Waals surface area contributed by atoms with Crippen molar-refractivity contribution in [3.8, 4) is 0 Å². The van der Waals surface area contributed by atoms with E-state index in [2.05, 4.69) is 22.6 Å². The van der Waals surface area contributed by atoms with E-state index in [0.29, 0.717) is 0 Å². The van der Waals surface area contributed by atoms with E-state index in [1.807, 2.05) is 43.3 Å². The van der Waals surface area contributed by atoms with Crippen LogP contribution in [0.25, 0.3) is 0 Å². The van der Waals surface area contributed by atoms with Gasteiger partial charge in [0.1, 0.15) is 0 Å². The summed E-state index contributed by atoms with van der Waals surface area (Å²) in [6.07, 6.45) is 3.32. The third kappa shape index (κ3) is 3.49. The molecular weight excluding hydrogens is 289 g/mol. The molecule has 74 valence electrons. The smallest absolute Gasteiger partial charge is 0.187 e. The highest BCUT2D eigenvalue weighted by atomic mass is 127. The fourth-order valence-electron chi connectivity index (χ4n) is 0.927. The lowest BCUT2D eigenvalue weighted by molar-refractivity contribution is 0.104. The zero-order valence-electron chi connectivity index (χ0n) is 8.20. The Labute approximate surface area is 97.7 Å². The van der Waals surface area contributed by atoms with Crippen LogP contribution in [0.3, 0.4) is 0 Å². The molecular formula is C11H12INO. The number of rotatable bonds is 3. The molecule has 0 saturated carbocycles. The van der Waals surface area contributed by atoms with Crippen LogP contribution >= 0.6 is 22.6 Å². The topological polar surface area (TPSA) is 20.3 Å². The van der Waals surface area contributed by atoms with Crippen LogP contribution in [0.4, 0.5) is 0 Å². The number of benzene rings is 1. The fraction of sp³-hybridized carbons (Fsp3) is 0.182. The maximum Gasteiger partial charge on any atom is 0.187 e. The first-order valence-corrected chi connectivity index (χ1v) is 5.32. The molecule has 0 N–H and O–H groups in total. The predicted octanol–water partition coefficient (Wildman–Crippen LogP) is 2.55. The standard InChI is InChI=1S/C11H12INO/c1-13(2)8-7-11(14)9-3-5-10(12)6-4-9/h3-8H,1-2H3. The third-order valence-corrected chi connectivity index (χ3v) is 2.37. The Kier molecular flexibility index (Phi) is 4.13. The molecule has 3 heteroatoms. The summed E-state index contributed by atoms with van der Waals surface area (Å²) in [6, 6.07) is 7.53. The summed E-state index contributed by atoms with van der Waals surface area (Å²) < 4.78 is 1.13. The van der Waals surface area contributed by atoms with Gasteiger partial charge in [-0.1, -0.05) is 12.1 Å². The van der Waals surface area contributed by atoms with Crippen LogP contribution in [0.2, 0.25) is 0 Å². The molecule has 0 atom stereocenters. The summed E-state index contributed by atoms with van der Waals surface area (Å²) in [5, 5.41) is 0. The summed E-state index contributed by atoms with van der Waals surface area (Å²) in [4.78, 5) is 13.4. The van der Waals surface area contributed by atoms with E-state index in [4.69, 9.17) is 0 Å². The molecule has 0 saturated heterocycles. The zero-order chi connectivity index (χ0) is 10.6. The summed E-state index contributed by atoms with van der Waals surface area (Å²) >= 11 is 2.21. The van der Waals surface area contributed by atoms with Gasteiger partial charge >= 0.3 is 0 Å². The van der Waals surface area contributed by atoms with E-state index < -0.39 is 0 Å². The van der Waals surface area contributed by atoms with Gasteiger partial charge in [-0.25, -0.2) is 0 Å². The summed E-state index contributed by atoms with van der Waals surface area (Å²) in [5.74, 6) is 0.0371. The fourth-order valence-corrected chi connectivity index (χ4v) is 1.29. The highest BCUT2D eigenvalue weighted by molar-refractivity contribution is 14.1. The van der Waals surface area contributed by atoms with Crippen molar-refractivity contribution in [2.24, 2.45) is 0 Å². The summed E-state index contributed by atoms with van der Waals surface area (Å²) in [7, 11) is 3.77. The number of carbonyl (C=O) groups is 1. The van der Waals surface area contributed by atoms with Gasteiger partial charge in [0.15, 0.2) is 5.78 Å². The molecule has 0 fully saturated rings. The van der Waals surface area contributed by atoms with Crippen molar-refractivity contribution in [1.29, 1.82) is 0 Å². The summed E-state index contributed by atoms with van der Waals surface area (Å²) in [6.45, 7) is 0. The van der Waals surface area contributed by atoms with Crippen molar-refractivity contribution >= 4 is 28.4 Å². The van der Waals surface area contributed by atoms with Gasteiger partial charge < -0.3 is 4.90 Å². The van der Waals surface area contributed by atoms with Crippen molar-refractivity contribution in [3.63, 3.8) is 0 Å². The van der Waals surface area contributed by atoms with Crippen LogP contribution in [0, 0.1) is 3.57 Å². The number of halogens is 1. The third-order valence-electron chi connectivity index (χ3n) is 1.65. The number of allylic oxidation sites excluding steroid dienone is 1. The molecule has 0 aliphatic carbocycles. The van der Waals surface area contributed by atoms with Crippen LogP contribution in [0.1, 0.15) is 10.4 Å². The first-order chi connectivity index (χ1) is 6.59. The van der Waals surface area contributed by atoms with Gasteiger partial charge in [0.25, 0.3) is 0 Å². The average Bonchev–Trinajstić information content (AvgIpc) is 2.15. The van der Waals surface area contributed by atoms with Gasteiger partial charge in [-0.15, -0.1) is 0 Å². The first-order valence-electron chi connectivity index (χ1n) is 4.24. The minimum atomic E-state index is 0.0371. The molecule has 1 rings (SSSR count). The highest BCUT2D eigenvalue weighted by Crippen LogP contribution is 2.07. The predicted molar refractivity (Wildman–Crippen MR) is 66.3 cm³/mol. The van der Waals surface area contributed by atoms with Gasteiger partial charge in [0.2, 0.25) is 0 Å². The quantitative estimate of drug-likeness (QED) is 0.486. The maximum atomic E-state index is 11.5. The van der Waals surface area contributed by atoms with E-state index in [1.165, 1.54) is 0 Å². The van der Waals surface area contributed by atoms with Gasteiger partial charge in [0, 0.05) is 35.5 Å². The molecule has 0 aliphatic heterocycles. The molecule has 1 aromatic rings. The number of hydrogen-bond donors (Lipinski definition) is 0. The summed E-state index contributed by atoms with van der Waals surface area (Å²) in [5.41, 5.74) is 0.725. The number of nitrogens with zero attached hydrogens (tertiary/aromatic N) is 1. The molecule has 0 radical (unpaired) electrons. The molecule has 0 spiro atoms. The molecule has 14 heavy (non-hydrogen) atoms. The molecule has 0 amide bonds. The molecule has 0 heterocycles. The van der Waals surface area contributed by atoms with Crippen molar-refractivity contribution in [3.05, 3.63) is 45.7 Å². The number of carbonyl (C=O) groups excluding carboxylic acids is 1. The molecule has 0 bridgehead atoms. The van der Waals surface area contributed by atoms with Crippen molar-refractivity contribution in [1.82, 2.24) is 4.90 Å². The van der Waals surface area contributed by atoms with E-state index in [0.717, 1.165) is 9.13 Å². The van der Waals surface area contributed by atoms with Gasteiger partial charge in [-0.2, -0.15) is 0 Å². The SMILES string of the molecule is CN(C)C=CC(=O)c1ccc(I)cc1. The lowest BCUT2D eigenvalue weighted by Crippen LogP contribution is -2.03. The average molecular weight is 301 g/mol. The Morgan fingerprint density at radius 1 is 1.29 bits per heavy atom. The second-order valence-corrected chi connectivity index (χ2v) is 4.40. The number of ketones is 1. The molecule has 2 nitrogen and oxygen atoms in total. The first kappa shape index (κ1) is 11.2. The monoisotopic (exact) mass is 301 g/mol. The van der Waals surface area contributed by atoms with Crippen LogP contribution in [0.15, 0.2) is 36.5 Å². The minimum absolute atomic E-state index is 0.0371. The lowest BCUT2D eigenvalue weighted by atomic mass is 10.1. The Bertz CT molecular complexity index is 341. The van der Waals surface area contributed by atoms with Crippen LogP contribution in [-0.4, -0.2) is 24.8 Å². The van der Waals surface area contributed by atoms with Crippen molar-refractivity contribution < 1.29 is 4.79 Å². The van der Waals surface area contributed by atoms with Crippen molar-refractivity contribution in [2.45, 2.75) is 0 Å². The van der Waals surface area contributed by atoms with E-state index in [-0.39, 0.29) is 5.78 Å². The Balaban J connectivity index is 2.75. The zero-order valence-corrected chi connectivity index (χ0v) is 10.4. The van der Waals surface area contributed by atoms with E-state index >= 15 is 0 Å². The van der Waals surface area contributed by atoms with Gasteiger partial charge in [-0.3, -0.25) is 4.79 Å². The van der Waals surface area contributed by atoms with Crippen LogP contribution in [-0.2, 0) is 0 Å². The maximum absolute atomic E-state index is 11.5. The number of hydrogen-bond acceptors (Lipinski definition) is 2. The highest BCUT2D eigenvalue weighted by Gasteiger charge is 2.00. The Hall–Kier alpha value is -0.840. The molecule has 0 unspecified atom stereocenters. The normalized spacial score (nSPS) is 10.5. The van der Waals surface area contributed by atoms with E-state index in [9.17, 15) is 4.79 Å². The lowest BCUT2D eigenvalue weighted by Gasteiger charge is -2.02. The van der Waals surface area contributed by atoms with Gasteiger partial charge in [0.05, 0.1) is 0 Å². The largest absolute Gasteiger partial charge is 0.383 e. The second kappa shape index (κ2) is 5.14. The Morgan fingerprint density at radius 3 is 2.36 bits per heavy atom. The van der Waals surface area contributed by atoms with Crippen LogP contribution in [0.5, 0.6) is 0 Å². The minimum Gasteiger partial charge on any atom is -0.383 e. The molecule has 0 aliphatic rings.